The Kier molecular flexibility index (Phi) is 6.54. The third kappa shape index (κ3) is 5.22. The van der Waals surface area contributed by atoms with E-state index in [1.807, 2.05) is 34.6 Å². The first-order valence-electron chi connectivity index (χ1n) is 5.39. The monoisotopic (exact) mass is 201 g/mol. The van der Waals surface area contributed by atoms with Crippen LogP contribution in [-0.4, -0.2) is 25.2 Å². The average molecular weight is 201 g/mol. The van der Waals surface area contributed by atoms with E-state index in [1.165, 1.54) is 0 Å². The fraction of sp³-hybridized carbons (Fsp3) is 0.909. The number of carbonyl (C=O) groups excluding carboxylic acids is 1. The van der Waals surface area contributed by atoms with Gasteiger partial charge in [-0.05, 0) is 18.4 Å². The Morgan fingerprint density at radius 1 is 1.29 bits per heavy atom. The van der Waals surface area contributed by atoms with Gasteiger partial charge in [-0.2, -0.15) is 0 Å². The van der Waals surface area contributed by atoms with Crippen LogP contribution in [0.4, 0.5) is 0 Å². The van der Waals surface area contributed by atoms with Crippen molar-refractivity contribution >= 4 is 5.97 Å². The SMILES string of the molecule is CCN[C@H](C(=O)OCC(C)C)C(C)C. The molecular weight excluding hydrogens is 178 g/mol. The largest absolute Gasteiger partial charge is 0.464 e. The van der Waals surface area contributed by atoms with Crippen LogP contribution in [0.5, 0.6) is 0 Å². The number of hydrogen-bond acceptors (Lipinski definition) is 3. The number of nitrogens with one attached hydrogen (secondary N) is 1. The summed E-state index contributed by atoms with van der Waals surface area (Å²) in [7, 11) is 0. The highest BCUT2D eigenvalue weighted by Gasteiger charge is 2.22. The van der Waals surface area contributed by atoms with Gasteiger partial charge in [0, 0.05) is 0 Å². The van der Waals surface area contributed by atoms with Gasteiger partial charge in [0.15, 0.2) is 0 Å². The minimum absolute atomic E-state index is 0.129. The highest BCUT2D eigenvalue weighted by atomic mass is 16.5. The van der Waals surface area contributed by atoms with E-state index in [0.717, 1.165) is 6.54 Å². The molecule has 0 saturated heterocycles. The lowest BCUT2D eigenvalue weighted by molar-refractivity contribution is -0.148. The van der Waals surface area contributed by atoms with Gasteiger partial charge in [-0.15, -0.1) is 0 Å². The molecule has 14 heavy (non-hydrogen) atoms. The summed E-state index contributed by atoms with van der Waals surface area (Å²) in [6.07, 6.45) is 0. The molecule has 0 aliphatic rings. The third-order valence-electron chi connectivity index (χ3n) is 1.90. The zero-order valence-corrected chi connectivity index (χ0v) is 9.96. The molecule has 0 amide bonds. The summed E-state index contributed by atoms with van der Waals surface area (Å²) in [6.45, 7) is 11.4. The zero-order chi connectivity index (χ0) is 11.1. The lowest BCUT2D eigenvalue weighted by Gasteiger charge is -2.20. The maximum absolute atomic E-state index is 11.6. The van der Waals surface area contributed by atoms with E-state index in [1.54, 1.807) is 0 Å². The molecule has 0 aromatic heterocycles. The summed E-state index contributed by atoms with van der Waals surface area (Å²) in [5.74, 6) is 0.540. The smallest absolute Gasteiger partial charge is 0.323 e. The van der Waals surface area contributed by atoms with E-state index in [-0.39, 0.29) is 17.9 Å². The van der Waals surface area contributed by atoms with Crippen molar-refractivity contribution in [3.05, 3.63) is 0 Å². The predicted octanol–water partition coefficient (Wildman–Crippen LogP) is 1.82. The van der Waals surface area contributed by atoms with Crippen LogP contribution >= 0.6 is 0 Å². The summed E-state index contributed by atoms with van der Waals surface area (Å²) in [5, 5.41) is 3.13. The fourth-order valence-corrected chi connectivity index (χ4v) is 1.15. The lowest BCUT2D eigenvalue weighted by Crippen LogP contribution is -2.42. The summed E-state index contributed by atoms with van der Waals surface area (Å²) in [4.78, 5) is 11.6. The second-order valence-corrected chi connectivity index (χ2v) is 4.30. The summed E-state index contributed by atoms with van der Waals surface area (Å²) >= 11 is 0. The predicted molar refractivity (Wildman–Crippen MR) is 58.1 cm³/mol. The van der Waals surface area contributed by atoms with E-state index in [4.69, 9.17) is 4.74 Å². The van der Waals surface area contributed by atoms with Crippen LogP contribution in [0.15, 0.2) is 0 Å². The van der Waals surface area contributed by atoms with Gasteiger partial charge in [-0.25, -0.2) is 0 Å². The Morgan fingerprint density at radius 3 is 2.21 bits per heavy atom. The molecule has 1 atom stereocenters. The molecule has 0 aromatic carbocycles. The Labute approximate surface area is 87.2 Å². The summed E-state index contributed by atoms with van der Waals surface area (Å²) in [6, 6.07) is -0.168. The lowest BCUT2D eigenvalue weighted by atomic mass is 10.0. The van der Waals surface area contributed by atoms with Gasteiger partial charge >= 0.3 is 5.97 Å². The first kappa shape index (κ1) is 13.4. The molecule has 0 saturated carbocycles. The normalized spacial score (nSPS) is 13.4. The van der Waals surface area contributed by atoms with Crippen molar-refractivity contribution in [2.24, 2.45) is 11.8 Å². The molecule has 0 aliphatic carbocycles. The number of carbonyl (C=O) groups is 1. The topological polar surface area (TPSA) is 38.3 Å². The van der Waals surface area contributed by atoms with Crippen LogP contribution < -0.4 is 5.32 Å². The van der Waals surface area contributed by atoms with Crippen LogP contribution in [0.3, 0.4) is 0 Å². The van der Waals surface area contributed by atoms with Gasteiger partial charge in [0.25, 0.3) is 0 Å². The van der Waals surface area contributed by atoms with Crippen molar-refractivity contribution in [2.75, 3.05) is 13.2 Å². The van der Waals surface area contributed by atoms with Crippen LogP contribution in [0.1, 0.15) is 34.6 Å². The van der Waals surface area contributed by atoms with Gasteiger partial charge in [0.2, 0.25) is 0 Å². The number of rotatable bonds is 6. The highest BCUT2D eigenvalue weighted by Crippen LogP contribution is 2.05. The summed E-state index contributed by atoms with van der Waals surface area (Å²) < 4.78 is 5.18. The minimum atomic E-state index is -0.168. The maximum Gasteiger partial charge on any atom is 0.323 e. The van der Waals surface area contributed by atoms with Gasteiger partial charge in [-0.3, -0.25) is 4.79 Å². The van der Waals surface area contributed by atoms with E-state index >= 15 is 0 Å². The van der Waals surface area contributed by atoms with Gasteiger partial charge in [-0.1, -0.05) is 34.6 Å². The van der Waals surface area contributed by atoms with Crippen molar-refractivity contribution in [1.82, 2.24) is 5.32 Å². The Bertz CT molecular complexity index is 167. The van der Waals surface area contributed by atoms with Crippen LogP contribution in [-0.2, 0) is 9.53 Å². The number of hydrogen-bond donors (Lipinski definition) is 1. The molecular formula is C11H23NO2. The second-order valence-electron chi connectivity index (χ2n) is 4.30. The average Bonchev–Trinajstić information content (AvgIpc) is 2.09. The Balaban J connectivity index is 4.02. The van der Waals surface area contributed by atoms with Crippen LogP contribution in [0, 0.1) is 11.8 Å². The standard InChI is InChI=1S/C11H23NO2/c1-6-12-10(9(4)5)11(13)14-7-8(2)3/h8-10,12H,6-7H2,1-5H3/t10-/m0/s1. The first-order valence-corrected chi connectivity index (χ1v) is 5.39. The van der Waals surface area contributed by atoms with Crippen molar-refractivity contribution < 1.29 is 9.53 Å². The highest BCUT2D eigenvalue weighted by molar-refractivity contribution is 5.76. The van der Waals surface area contributed by atoms with Crippen LogP contribution in [0.2, 0.25) is 0 Å². The quantitative estimate of drug-likeness (QED) is 0.666. The van der Waals surface area contributed by atoms with Crippen molar-refractivity contribution in [3.8, 4) is 0 Å². The molecule has 0 aliphatic heterocycles. The van der Waals surface area contributed by atoms with Crippen molar-refractivity contribution in [3.63, 3.8) is 0 Å². The first-order chi connectivity index (χ1) is 6.49. The van der Waals surface area contributed by atoms with E-state index in [2.05, 4.69) is 5.32 Å². The molecule has 0 spiro atoms. The third-order valence-corrected chi connectivity index (χ3v) is 1.90. The van der Waals surface area contributed by atoms with E-state index in [9.17, 15) is 4.79 Å². The van der Waals surface area contributed by atoms with Gasteiger partial charge in [0.05, 0.1) is 6.61 Å². The molecule has 0 rings (SSSR count). The molecule has 0 bridgehead atoms. The number of likely N-dealkylation sites (N-methyl/N-ethyl adjacent to an activating group) is 1. The molecule has 0 fully saturated rings. The fourth-order valence-electron chi connectivity index (χ4n) is 1.15. The molecule has 84 valence electrons. The molecule has 0 radical (unpaired) electrons. The van der Waals surface area contributed by atoms with Gasteiger partial charge in [0.1, 0.15) is 6.04 Å². The molecule has 0 unspecified atom stereocenters. The zero-order valence-electron chi connectivity index (χ0n) is 9.96. The second kappa shape index (κ2) is 6.82. The van der Waals surface area contributed by atoms with E-state index in [0.29, 0.717) is 12.5 Å². The van der Waals surface area contributed by atoms with Crippen LogP contribution in [0.25, 0.3) is 0 Å². The van der Waals surface area contributed by atoms with Crippen molar-refractivity contribution in [2.45, 2.75) is 40.7 Å². The molecule has 0 aromatic rings. The maximum atomic E-state index is 11.6. The number of esters is 1. The molecule has 3 heteroatoms. The minimum Gasteiger partial charge on any atom is -0.464 e. The Hall–Kier alpha value is -0.570. The molecule has 1 N–H and O–H groups in total. The molecule has 3 nitrogen and oxygen atoms in total. The van der Waals surface area contributed by atoms with Crippen molar-refractivity contribution in [1.29, 1.82) is 0 Å². The van der Waals surface area contributed by atoms with E-state index < -0.39 is 0 Å². The number of ether oxygens (including phenoxy) is 1. The van der Waals surface area contributed by atoms with Gasteiger partial charge < -0.3 is 10.1 Å². The summed E-state index contributed by atoms with van der Waals surface area (Å²) in [5.41, 5.74) is 0. The Morgan fingerprint density at radius 2 is 1.86 bits per heavy atom. The molecule has 0 heterocycles.